The molecular weight excluding hydrogens is 601 g/mol. The predicted octanol–water partition coefficient (Wildman–Crippen LogP) is 12.9. The van der Waals surface area contributed by atoms with Crippen LogP contribution in [0, 0.1) is 17.8 Å². The minimum Gasteiger partial charge on any atom is -0.457 e. The second-order valence-corrected chi connectivity index (χ2v) is 15.1. The smallest absolute Gasteiger partial charge is 0.127 e. The molecule has 0 unspecified atom stereocenters. The normalized spacial score (nSPS) is 19.4. The summed E-state index contributed by atoms with van der Waals surface area (Å²) < 4.78 is 12.3. The first kappa shape index (κ1) is 34.9. The van der Waals surface area contributed by atoms with Crippen molar-refractivity contribution >= 4 is 11.4 Å². The van der Waals surface area contributed by atoms with E-state index in [0.717, 1.165) is 52.1 Å². The van der Waals surface area contributed by atoms with Gasteiger partial charge in [0.05, 0.1) is 0 Å². The minimum atomic E-state index is -0.0231. The van der Waals surface area contributed by atoms with E-state index in [1.54, 1.807) is 0 Å². The van der Waals surface area contributed by atoms with Gasteiger partial charge in [-0.3, -0.25) is 0 Å². The fourth-order valence-electron chi connectivity index (χ4n) is 8.62. The second-order valence-electron chi connectivity index (χ2n) is 15.1. The predicted molar refractivity (Wildman–Crippen MR) is 206 cm³/mol. The van der Waals surface area contributed by atoms with Crippen LogP contribution in [-0.4, -0.2) is 0 Å². The molecule has 0 bridgehead atoms. The number of nitrogens with two attached hydrogens (primary N) is 2. The van der Waals surface area contributed by atoms with Crippen LogP contribution in [0.1, 0.15) is 121 Å². The number of nitrogen functional groups attached to an aromatic ring is 2. The molecule has 0 amide bonds. The topological polar surface area (TPSA) is 70.5 Å². The lowest BCUT2D eigenvalue weighted by Crippen LogP contribution is -2.34. The molecule has 0 spiro atoms. The molecule has 6 rings (SSSR count). The zero-order valence-electron chi connectivity index (χ0n) is 29.8. The Balaban J connectivity index is 1.09. The standard InChI is InChI=1S/C45H58N2O2/c1-2-3-4-5-6-7-8-34-9-11-35(12-10-34)33-36-29-31-45(32-30-36,37-13-21-41(22-14-37)48-43-25-17-39(46)18-26-43)38-15-23-42(24-16-38)49-44-27-19-40(47)20-28-44/h13-28,34-36H,2-12,29-33,46-47H2,1H3. The first-order valence-electron chi connectivity index (χ1n) is 19.3. The van der Waals surface area contributed by atoms with Gasteiger partial charge in [-0.15, -0.1) is 0 Å². The van der Waals surface area contributed by atoms with Crippen molar-refractivity contribution in [1.29, 1.82) is 0 Å². The lowest BCUT2D eigenvalue weighted by atomic mass is 9.61. The molecule has 0 aliphatic heterocycles. The maximum absolute atomic E-state index is 6.16. The average Bonchev–Trinajstić information content (AvgIpc) is 3.13. The Kier molecular flexibility index (Phi) is 12.2. The summed E-state index contributed by atoms with van der Waals surface area (Å²) in [5, 5.41) is 0. The summed E-state index contributed by atoms with van der Waals surface area (Å²) >= 11 is 0. The van der Waals surface area contributed by atoms with E-state index in [1.807, 2.05) is 48.5 Å². The monoisotopic (exact) mass is 658 g/mol. The van der Waals surface area contributed by atoms with Crippen LogP contribution in [0.5, 0.6) is 23.0 Å². The second kappa shape index (κ2) is 17.1. The third-order valence-corrected chi connectivity index (χ3v) is 11.6. The summed E-state index contributed by atoms with van der Waals surface area (Å²) in [5.41, 5.74) is 16.0. The minimum absolute atomic E-state index is 0.0231. The zero-order valence-corrected chi connectivity index (χ0v) is 29.8. The van der Waals surface area contributed by atoms with Gasteiger partial charge in [0.25, 0.3) is 0 Å². The van der Waals surface area contributed by atoms with E-state index in [9.17, 15) is 0 Å². The molecule has 0 atom stereocenters. The summed E-state index contributed by atoms with van der Waals surface area (Å²) in [6.07, 6.45) is 22.1. The van der Waals surface area contributed by atoms with Crippen LogP contribution < -0.4 is 20.9 Å². The highest BCUT2D eigenvalue weighted by molar-refractivity contribution is 5.47. The molecule has 49 heavy (non-hydrogen) atoms. The molecule has 2 fully saturated rings. The maximum atomic E-state index is 6.16. The summed E-state index contributed by atoms with van der Waals surface area (Å²) in [5.74, 6) is 6.02. The number of hydrogen-bond acceptors (Lipinski definition) is 4. The molecule has 4 aromatic rings. The Morgan fingerprint density at radius 3 is 1.35 bits per heavy atom. The fraction of sp³-hybridized carbons (Fsp3) is 0.467. The molecule has 2 aliphatic rings. The lowest BCUT2D eigenvalue weighted by Gasteiger charge is -2.42. The number of hydrogen-bond donors (Lipinski definition) is 2. The van der Waals surface area contributed by atoms with Gasteiger partial charge in [0.15, 0.2) is 0 Å². The molecule has 4 aromatic carbocycles. The molecule has 0 saturated heterocycles. The number of anilines is 2. The number of unbranched alkanes of at least 4 members (excludes halogenated alkanes) is 5. The van der Waals surface area contributed by atoms with E-state index in [2.05, 4.69) is 55.5 Å². The summed E-state index contributed by atoms with van der Waals surface area (Å²) in [4.78, 5) is 0. The van der Waals surface area contributed by atoms with E-state index in [-0.39, 0.29) is 5.41 Å². The van der Waals surface area contributed by atoms with Crippen molar-refractivity contribution in [2.75, 3.05) is 11.5 Å². The van der Waals surface area contributed by atoms with Gasteiger partial charge in [-0.1, -0.05) is 102 Å². The quantitative estimate of drug-likeness (QED) is 0.0985. The van der Waals surface area contributed by atoms with Crippen LogP contribution in [0.25, 0.3) is 0 Å². The van der Waals surface area contributed by atoms with E-state index in [0.29, 0.717) is 0 Å². The summed E-state index contributed by atoms with van der Waals surface area (Å²) in [6.45, 7) is 2.31. The Morgan fingerprint density at radius 1 is 0.490 bits per heavy atom. The molecular formula is C45H58N2O2. The van der Waals surface area contributed by atoms with Crippen molar-refractivity contribution in [2.45, 2.75) is 115 Å². The van der Waals surface area contributed by atoms with Crippen molar-refractivity contribution in [2.24, 2.45) is 17.8 Å². The van der Waals surface area contributed by atoms with Gasteiger partial charge in [0, 0.05) is 16.8 Å². The van der Waals surface area contributed by atoms with Crippen LogP contribution in [0.2, 0.25) is 0 Å². The van der Waals surface area contributed by atoms with Crippen LogP contribution in [0.15, 0.2) is 97.1 Å². The van der Waals surface area contributed by atoms with Crippen molar-refractivity contribution < 1.29 is 9.47 Å². The van der Waals surface area contributed by atoms with Gasteiger partial charge in [0.1, 0.15) is 23.0 Å². The van der Waals surface area contributed by atoms with Gasteiger partial charge < -0.3 is 20.9 Å². The van der Waals surface area contributed by atoms with E-state index >= 15 is 0 Å². The first-order valence-corrected chi connectivity index (χ1v) is 19.3. The molecule has 2 saturated carbocycles. The molecule has 4 N–H and O–H groups in total. The molecule has 260 valence electrons. The number of ether oxygens (including phenoxy) is 2. The summed E-state index contributed by atoms with van der Waals surface area (Å²) in [6, 6.07) is 32.8. The molecule has 0 aromatic heterocycles. The van der Waals surface area contributed by atoms with Crippen LogP contribution in [0.4, 0.5) is 11.4 Å². The van der Waals surface area contributed by atoms with Gasteiger partial charge in [-0.25, -0.2) is 0 Å². The molecule has 0 heterocycles. The lowest BCUT2D eigenvalue weighted by molar-refractivity contribution is 0.184. The Bertz CT molecular complexity index is 1440. The van der Waals surface area contributed by atoms with Crippen molar-refractivity contribution in [3.05, 3.63) is 108 Å². The molecule has 4 nitrogen and oxygen atoms in total. The van der Waals surface area contributed by atoms with Crippen LogP contribution >= 0.6 is 0 Å². The highest BCUT2D eigenvalue weighted by Gasteiger charge is 2.39. The first-order chi connectivity index (χ1) is 24.0. The van der Waals surface area contributed by atoms with Gasteiger partial charge in [-0.05, 0) is 134 Å². The Morgan fingerprint density at radius 2 is 0.878 bits per heavy atom. The SMILES string of the molecule is CCCCCCCCC1CCC(CC2CCC(c3ccc(Oc4ccc(N)cc4)cc3)(c3ccc(Oc4ccc(N)cc4)cc3)CC2)CC1. The fourth-order valence-corrected chi connectivity index (χ4v) is 8.62. The van der Waals surface area contributed by atoms with Crippen molar-refractivity contribution in [1.82, 2.24) is 0 Å². The highest BCUT2D eigenvalue weighted by atomic mass is 16.5. The van der Waals surface area contributed by atoms with Crippen molar-refractivity contribution in [3.63, 3.8) is 0 Å². The average molecular weight is 659 g/mol. The van der Waals surface area contributed by atoms with Gasteiger partial charge in [0.2, 0.25) is 0 Å². The molecule has 4 heteroatoms. The Labute approximate surface area is 295 Å². The van der Waals surface area contributed by atoms with E-state index < -0.39 is 0 Å². The van der Waals surface area contributed by atoms with Crippen molar-refractivity contribution in [3.8, 4) is 23.0 Å². The third kappa shape index (κ3) is 9.62. The largest absolute Gasteiger partial charge is 0.457 e. The molecule has 2 aliphatic carbocycles. The zero-order chi connectivity index (χ0) is 33.9. The number of benzene rings is 4. The van der Waals surface area contributed by atoms with E-state index in [4.69, 9.17) is 20.9 Å². The van der Waals surface area contributed by atoms with E-state index in [1.165, 1.54) is 114 Å². The van der Waals surface area contributed by atoms with Crippen LogP contribution in [-0.2, 0) is 5.41 Å². The number of rotatable bonds is 15. The maximum Gasteiger partial charge on any atom is 0.127 e. The summed E-state index contributed by atoms with van der Waals surface area (Å²) in [7, 11) is 0. The highest BCUT2D eigenvalue weighted by Crippen LogP contribution is 2.49. The van der Waals surface area contributed by atoms with Gasteiger partial charge >= 0.3 is 0 Å². The molecule has 0 radical (unpaired) electrons. The van der Waals surface area contributed by atoms with Gasteiger partial charge in [-0.2, -0.15) is 0 Å². The van der Waals surface area contributed by atoms with Crippen LogP contribution in [0.3, 0.4) is 0 Å². The third-order valence-electron chi connectivity index (χ3n) is 11.6. The Hall–Kier alpha value is -3.92.